The molecule has 0 unspecified atom stereocenters. The molecular formula is C28H38N4O8S. The molecule has 0 aromatic heterocycles. The van der Waals surface area contributed by atoms with Crippen molar-refractivity contribution in [3.63, 3.8) is 0 Å². The Labute approximate surface area is 240 Å². The van der Waals surface area contributed by atoms with Crippen LogP contribution in [0.3, 0.4) is 0 Å². The van der Waals surface area contributed by atoms with Crippen molar-refractivity contribution < 1.29 is 37.0 Å². The van der Waals surface area contributed by atoms with Gasteiger partial charge >= 0.3 is 0 Å². The zero-order chi connectivity index (χ0) is 30.2. The number of amides is 3. The van der Waals surface area contributed by atoms with Gasteiger partial charge in [0, 0.05) is 18.7 Å². The lowest BCUT2D eigenvalue weighted by Crippen LogP contribution is -2.52. The van der Waals surface area contributed by atoms with Gasteiger partial charge in [-0.1, -0.05) is 19.9 Å². The molecule has 0 saturated heterocycles. The molecular weight excluding hydrogens is 552 g/mol. The van der Waals surface area contributed by atoms with Crippen molar-refractivity contribution in [1.82, 2.24) is 20.3 Å². The van der Waals surface area contributed by atoms with Gasteiger partial charge in [-0.05, 0) is 49.1 Å². The second kappa shape index (κ2) is 14.2. The third kappa shape index (κ3) is 8.57. The molecule has 0 radical (unpaired) electrons. The highest BCUT2D eigenvalue weighted by molar-refractivity contribution is 7.88. The Morgan fingerprint density at radius 2 is 1.71 bits per heavy atom. The number of fused-ring (bicyclic) bond motifs is 3. The Kier molecular flexibility index (Phi) is 11.0. The maximum atomic E-state index is 13.2. The van der Waals surface area contributed by atoms with Crippen molar-refractivity contribution in [1.29, 1.82) is 0 Å². The lowest BCUT2D eigenvalue weighted by molar-refractivity contribution is -0.130. The Morgan fingerprint density at radius 1 is 0.976 bits per heavy atom. The topological polar surface area (TPSA) is 152 Å². The van der Waals surface area contributed by atoms with E-state index in [1.165, 1.54) is 14.2 Å². The van der Waals surface area contributed by atoms with Crippen LogP contribution in [0.1, 0.15) is 42.6 Å². The van der Waals surface area contributed by atoms with Gasteiger partial charge in [-0.15, -0.1) is 0 Å². The van der Waals surface area contributed by atoms with E-state index in [-0.39, 0.29) is 30.7 Å². The first-order valence-electron chi connectivity index (χ1n) is 13.3. The minimum atomic E-state index is -3.70. The highest BCUT2D eigenvalue weighted by atomic mass is 32.2. The summed E-state index contributed by atoms with van der Waals surface area (Å²) in [5, 5.41) is 8.33. The van der Waals surface area contributed by atoms with Gasteiger partial charge < -0.3 is 30.2 Å². The summed E-state index contributed by atoms with van der Waals surface area (Å²) in [6.07, 6.45) is 1.91. The lowest BCUT2D eigenvalue weighted by Gasteiger charge is -2.25. The highest BCUT2D eigenvalue weighted by Gasteiger charge is 2.27. The van der Waals surface area contributed by atoms with Crippen molar-refractivity contribution in [2.75, 3.05) is 40.1 Å². The summed E-state index contributed by atoms with van der Waals surface area (Å²) < 4.78 is 42.9. The largest absolute Gasteiger partial charge is 0.496 e. The van der Waals surface area contributed by atoms with E-state index in [9.17, 15) is 22.8 Å². The fourth-order valence-corrected chi connectivity index (χ4v) is 5.11. The average Bonchev–Trinajstić information content (AvgIpc) is 2.92. The van der Waals surface area contributed by atoms with Crippen LogP contribution >= 0.6 is 0 Å². The van der Waals surface area contributed by atoms with E-state index in [4.69, 9.17) is 14.2 Å². The summed E-state index contributed by atoms with van der Waals surface area (Å²) in [7, 11) is -0.721. The van der Waals surface area contributed by atoms with Crippen molar-refractivity contribution in [2.45, 2.75) is 39.3 Å². The van der Waals surface area contributed by atoms with Crippen molar-refractivity contribution >= 4 is 27.7 Å². The summed E-state index contributed by atoms with van der Waals surface area (Å²) >= 11 is 0. The molecule has 2 aromatic carbocycles. The molecule has 12 nitrogen and oxygen atoms in total. The quantitative estimate of drug-likeness (QED) is 0.489. The molecule has 1 aliphatic rings. The maximum absolute atomic E-state index is 13.2. The molecule has 1 atom stereocenters. The van der Waals surface area contributed by atoms with E-state index < -0.39 is 34.4 Å². The van der Waals surface area contributed by atoms with Gasteiger partial charge in [-0.3, -0.25) is 14.4 Å². The second-order valence-corrected chi connectivity index (χ2v) is 12.0. The van der Waals surface area contributed by atoms with Gasteiger partial charge in [0.2, 0.25) is 21.8 Å². The van der Waals surface area contributed by atoms with E-state index in [1.807, 2.05) is 0 Å². The molecule has 3 amide bonds. The molecule has 0 aliphatic carbocycles. The molecule has 13 heteroatoms. The predicted octanol–water partition coefficient (Wildman–Crippen LogP) is 2.04. The van der Waals surface area contributed by atoms with E-state index >= 15 is 0 Å². The van der Waals surface area contributed by atoms with Crippen LogP contribution in [0, 0.1) is 5.92 Å². The normalized spacial score (nSPS) is 18.3. The van der Waals surface area contributed by atoms with Crippen LogP contribution in [0.4, 0.5) is 0 Å². The summed E-state index contributed by atoms with van der Waals surface area (Å²) in [6.45, 7) is 3.50. The van der Waals surface area contributed by atoms with Crippen LogP contribution in [0.15, 0.2) is 36.4 Å². The van der Waals surface area contributed by atoms with Gasteiger partial charge in [0.1, 0.15) is 17.5 Å². The van der Waals surface area contributed by atoms with Crippen LogP contribution in [0.25, 0.3) is 0 Å². The number of ether oxygens (including phenoxy) is 3. The van der Waals surface area contributed by atoms with Gasteiger partial charge in [-0.25, -0.2) is 8.42 Å². The lowest BCUT2D eigenvalue weighted by atomic mass is 10.0. The number of benzene rings is 2. The summed E-state index contributed by atoms with van der Waals surface area (Å²) in [4.78, 5) is 39.0. The number of nitrogens with one attached hydrogen (secondary N) is 3. The molecule has 2 bridgehead atoms. The predicted molar refractivity (Wildman–Crippen MR) is 153 cm³/mol. The molecule has 2 aromatic rings. The number of hydrogen-bond acceptors (Lipinski definition) is 8. The standard InChI is InChI=1S/C28H38N4O8S/c1-18(2)26-28(35)30-16-20-21(38-3)9-8-10-22(20)40-24-15-19(11-12-23(24)39-4)27(34)29-13-6-7-14-32(41(5,36)37)17-25(33)31-26/h8-12,15,18,26H,6-7,13-14,16-17H2,1-5H3,(H,29,34)(H,30,35)(H,31,33)/t26-/m1/s1. The Balaban J connectivity index is 2.01. The SMILES string of the molecule is COc1ccc2cc1Oc1cccc(OC)c1CNC(=O)[C@@H](C(C)C)NC(=O)CN(S(C)(=O)=O)CCCCNC2=O. The molecule has 0 spiro atoms. The van der Waals surface area contributed by atoms with Crippen molar-refractivity contribution in [3.8, 4) is 23.0 Å². The van der Waals surface area contributed by atoms with Crippen molar-refractivity contribution in [2.24, 2.45) is 5.92 Å². The monoisotopic (exact) mass is 590 g/mol. The van der Waals surface area contributed by atoms with Crippen LogP contribution in [-0.4, -0.2) is 76.6 Å². The molecule has 41 heavy (non-hydrogen) atoms. The maximum Gasteiger partial charge on any atom is 0.251 e. The first kappa shape index (κ1) is 31.7. The first-order valence-corrected chi connectivity index (χ1v) is 15.1. The number of hydrogen-bond donors (Lipinski definition) is 3. The van der Waals surface area contributed by atoms with Crippen LogP contribution in [0.5, 0.6) is 23.0 Å². The Hall–Kier alpha value is -3.84. The molecule has 224 valence electrons. The van der Waals surface area contributed by atoms with Gasteiger partial charge in [0.15, 0.2) is 11.5 Å². The third-order valence-corrected chi connectivity index (χ3v) is 7.82. The summed E-state index contributed by atoms with van der Waals surface area (Å²) in [5.41, 5.74) is 0.855. The zero-order valence-corrected chi connectivity index (χ0v) is 24.8. The summed E-state index contributed by atoms with van der Waals surface area (Å²) in [6, 6.07) is 9.02. The number of methoxy groups -OCH3 is 2. The second-order valence-electron chi connectivity index (χ2n) is 9.97. The van der Waals surface area contributed by atoms with E-state index in [2.05, 4.69) is 16.0 Å². The molecule has 3 N–H and O–H groups in total. The van der Waals surface area contributed by atoms with Crippen molar-refractivity contribution in [3.05, 3.63) is 47.5 Å². The fraction of sp³-hybridized carbons (Fsp3) is 0.464. The minimum Gasteiger partial charge on any atom is -0.496 e. The minimum absolute atomic E-state index is 0.00474. The van der Waals surface area contributed by atoms with E-state index in [0.29, 0.717) is 47.8 Å². The van der Waals surface area contributed by atoms with E-state index in [0.717, 1.165) is 10.6 Å². The molecule has 1 heterocycles. The fourth-order valence-electron chi connectivity index (χ4n) is 4.30. The molecule has 3 rings (SSSR count). The van der Waals surface area contributed by atoms with Gasteiger partial charge in [0.25, 0.3) is 5.91 Å². The van der Waals surface area contributed by atoms with E-state index in [1.54, 1.807) is 50.2 Å². The zero-order valence-electron chi connectivity index (χ0n) is 24.0. The van der Waals surface area contributed by atoms with Gasteiger partial charge in [-0.2, -0.15) is 4.31 Å². The molecule has 1 aliphatic heterocycles. The highest BCUT2D eigenvalue weighted by Crippen LogP contribution is 2.37. The summed E-state index contributed by atoms with van der Waals surface area (Å²) in [5.74, 6) is -0.190. The Bertz CT molecular complexity index is 1360. The van der Waals surface area contributed by atoms with Crippen LogP contribution in [-0.2, 0) is 26.2 Å². The third-order valence-electron chi connectivity index (χ3n) is 6.57. The number of nitrogens with zero attached hydrogens (tertiary/aromatic N) is 1. The number of carbonyl (C=O) groups is 3. The number of rotatable bonds is 4. The van der Waals surface area contributed by atoms with Crippen LogP contribution in [0.2, 0.25) is 0 Å². The van der Waals surface area contributed by atoms with Crippen LogP contribution < -0.4 is 30.2 Å². The Morgan fingerprint density at radius 3 is 2.37 bits per heavy atom. The molecule has 0 fully saturated rings. The van der Waals surface area contributed by atoms with Gasteiger partial charge in [0.05, 0.1) is 39.1 Å². The smallest absolute Gasteiger partial charge is 0.251 e. The number of carbonyl (C=O) groups excluding carboxylic acids is 3. The first-order chi connectivity index (χ1) is 19.4. The number of sulfonamides is 1. The molecule has 0 saturated carbocycles. The average molecular weight is 591 g/mol.